The molecule has 0 radical (unpaired) electrons. The van der Waals surface area contributed by atoms with E-state index < -0.39 is 5.82 Å². The van der Waals surface area contributed by atoms with Crippen LogP contribution in [-0.2, 0) is 4.74 Å². The Hall–Kier alpha value is -3.12. The van der Waals surface area contributed by atoms with Crippen molar-refractivity contribution in [3.05, 3.63) is 52.9 Å². The Labute approximate surface area is 196 Å². The number of morpholine rings is 1. The van der Waals surface area contributed by atoms with Crippen LogP contribution in [0, 0.1) is 17.1 Å². The number of aromatic nitrogens is 1. The van der Waals surface area contributed by atoms with E-state index in [1.807, 2.05) is 6.07 Å². The molecule has 1 aliphatic heterocycles. The van der Waals surface area contributed by atoms with E-state index in [-0.39, 0.29) is 11.3 Å². The first-order valence-corrected chi connectivity index (χ1v) is 11.0. The molecule has 1 atom stereocenters. The number of nitriles is 1. The lowest BCUT2D eigenvalue weighted by Gasteiger charge is -2.34. The summed E-state index contributed by atoms with van der Waals surface area (Å²) in [5.41, 5.74) is 2.02. The maximum atomic E-state index is 13.6. The summed E-state index contributed by atoms with van der Waals surface area (Å²) in [5, 5.41) is 13.5. The van der Waals surface area contributed by atoms with Crippen LogP contribution in [0.25, 0.3) is 10.9 Å². The summed E-state index contributed by atoms with van der Waals surface area (Å²) in [4.78, 5) is 6.65. The van der Waals surface area contributed by atoms with Crippen molar-refractivity contribution in [2.45, 2.75) is 19.6 Å². The number of ether oxygens (including phenoxy) is 3. The third-order valence-electron chi connectivity index (χ3n) is 5.53. The van der Waals surface area contributed by atoms with Crippen molar-refractivity contribution < 1.29 is 18.6 Å². The number of hydrogen-bond donors (Lipinski definition) is 1. The second kappa shape index (κ2) is 10.2. The van der Waals surface area contributed by atoms with E-state index in [4.69, 9.17) is 25.8 Å². The molecule has 1 aromatic heterocycles. The fourth-order valence-electron chi connectivity index (χ4n) is 3.82. The van der Waals surface area contributed by atoms with E-state index >= 15 is 0 Å². The molecule has 1 aliphatic rings. The van der Waals surface area contributed by atoms with E-state index in [1.54, 1.807) is 19.2 Å². The quantitative estimate of drug-likeness (QED) is 0.514. The van der Waals surface area contributed by atoms with Gasteiger partial charge in [-0.2, -0.15) is 5.26 Å². The van der Waals surface area contributed by atoms with Crippen LogP contribution in [0.1, 0.15) is 18.9 Å². The number of nitrogens with zero attached hydrogens (tertiary/aromatic N) is 3. The molecular weight excluding hydrogens is 447 g/mol. The molecule has 2 aromatic carbocycles. The molecule has 0 amide bonds. The lowest BCUT2D eigenvalue weighted by atomic mass is 10.1. The van der Waals surface area contributed by atoms with Crippen LogP contribution in [0.15, 0.2) is 36.5 Å². The van der Waals surface area contributed by atoms with Gasteiger partial charge in [0.2, 0.25) is 0 Å². The Morgan fingerprint density at radius 2 is 2.06 bits per heavy atom. The topological polar surface area (TPSA) is 79.6 Å². The number of fused-ring (bicyclic) bond motifs is 1. The van der Waals surface area contributed by atoms with Crippen molar-refractivity contribution in [3.63, 3.8) is 0 Å². The van der Waals surface area contributed by atoms with Gasteiger partial charge in [-0.05, 0) is 30.7 Å². The van der Waals surface area contributed by atoms with Crippen LogP contribution < -0.4 is 14.8 Å². The molecule has 172 valence electrons. The van der Waals surface area contributed by atoms with Crippen LogP contribution in [-0.4, -0.2) is 49.5 Å². The van der Waals surface area contributed by atoms with Crippen LogP contribution in [0.3, 0.4) is 0 Å². The first-order chi connectivity index (χ1) is 16.0. The summed E-state index contributed by atoms with van der Waals surface area (Å²) in [6.45, 7) is 4.96. The minimum absolute atomic E-state index is 0.0149. The van der Waals surface area contributed by atoms with Crippen LogP contribution >= 0.6 is 11.6 Å². The zero-order valence-electron chi connectivity index (χ0n) is 18.4. The van der Waals surface area contributed by atoms with Gasteiger partial charge in [0, 0.05) is 36.4 Å². The van der Waals surface area contributed by atoms with Crippen molar-refractivity contribution >= 4 is 33.9 Å². The molecule has 1 fully saturated rings. The number of nitrogens with one attached hydrogen (secondary N) is 1. The first-order valence-electron chi connectivity index (χ1n) is 10.7. The highest BCUT2D eigenvalue weighted by molar-refractivity contribution is 6.31. The van der Waals surface area contributed by atoms with Gasteiger partial charge in [-0.3, -0.25) is 9.88 Å². The van der Waals surface area contributed by atoms with Gasteiger partial charge in [-0.1, -0.05) is 18.5 Å². The minimum atomic E-state index is -0.517. The van der Waals surface area contributed by atoms with Gasteiger partial charge in [0.15, 0.2) is 17.7 Å². The second-order valence-electron chi connectivity index (χ2n) is 7.56. The highest BCUT2D eigenvalue weighted by Gasteiger charge is 2.23. The lowest BCUT2D eigenvalue weighted by Crippen LogP contribution is -2.46. The molecule has 0 saturated carbocycles. The Morgan fingerprint density at radius 1 is 1.27 bits per heavy atom. The predicted octanol–water partition coefficient (Wildman–Crippen LogP) is 5.10. The van der Waals surface area contributed by atoms with Gasteiger partial charge in [0.1, 0.15) is 11.9 Å². The first kappa shape index (κ1) is 23.1. The average molecular weight is 471 g/mol. The molecule has 33 heavy (non-hydrogen) atoms. The number of anilines is 2. The third-order valence-corrected chi connectivity index (χ3v) is 5.82. The predicted molar refractivity (Wildman–Crippen MR) is 125 cm³/mol. The molecule has 3 aromatic rings. The number of pyridine rings is 1. The Morgan fingerprint density at radius 3 is 2.73 bits per heavy atom. The van der Waals surface area contributed by atoms with Crippen LogP contribution in [0.4, 0.5) is 15.8 Å². The Kier molecular flexibility index (Phi) is 7.14. The third kappa shape index (κ3) is 4.96. The number of halogens is 2. The monoisotopic (exact) mass is 470 g/mol. The van der Waals surface area contributed by atoms with Crippen molar-refractivity contribution in [2.75, 3.05) is 38.7 Å². The van der Waals surface area contributed by atoms with Gasteiger partial charge < -0.3 is 19.5 Å². The lowest BCUT2D eigenvalue weighted by molar-refractivity contribution is -0.0475. The van der Waals surface area contributed by atoms with Gasteiger partial charge in [-0.25, -0.2) is 4.39 Å². The van der Waals surface area contributed by atoms with Gasteiger partial charge in [0.25, 0.3) is 0 Å². The minimum Gasteiger partial charge on any atom is -0.493 e. The molecule has 0 bridgehead atoms. The van der Waals surface area contributed by atoms with Crippen molar-refractivity contribution in [1.29, 1.82) is 5.26 Å². The number of rotatable bonds is 7. The molecule has 1 saturated heterocycles. The average Bonchev–Trinajstić information content (AvgIpc) is 2.85. The highest BCUT2D eigenvalue weighted by atomic mass is 35.5. The van der Waals surface area contributed by atoms with E-state index in [0.29, 0.717) is 52.6 Å². The molecule has 7 nitrogen and oxygen atoms in total. The maximum Gasteiger partial charge on any atom is 0.164 e. The summed E-state index contributed by atoms with van der Waals surface area (Å²) in [7, 11) is 1.58. The Balaban J connectivity index is 1.77. The molecule has 2 heterocycles. The normalized spacial score (nSPS) is 15.1. The molecule has 1 unspecified atom stereocenters. The number of benzene rings is 2. The van der Waals surface area contributed by atoms with Crippen molar-refractivity contribution in [1.82, 2.24) is 9.88 Å². The zero-order chi connectivity index (χ0) is 23.4. The molecule has 9 heteroatoms. The SMILES string of the molecule is CCC(Oc1cc2c(Nc3ccc(F)c(Cl)c3)c(C#N)cnc2cc1OC)N1CCOCC1. The largest absolute Gasteiger partial charge is 0.493 e. The second-order valence-corrected chi connectivity index (χ2v) is 7.97. The van der Waals surface area contributed by atoms with Crippen LogP contribution in [0.2, 0.25) is 5.02 Å². The smallest absolute Gasteiger partial charge is 0.164 e. The van der Waals surface area contributed by atoms with E-state index in [2.05, 4.69) is 28.2 Å². The van der Waals surface area contributed by atoms with Crippen molar-refractivity contribution in [2.24, 2.45) is 0 Å². The zero-order valence-corrected chi connectivity index (χ0v) is 19.2. The molecule has 4 rings (SSSR count). The molecule has 1 N–H and O–H groups in total. The highest BCUT2D eigenvalue weighted by Crippen LogP contribution is 2.38. The number of methoxy groups -OCH3 is 1. The summed E-state index contributed by atoms with van der Waals surface area (Å²) < 4.78 is 31.0. The van der Waals surface area contributed by atoms with Crippen molar-refractivity contribution in [3.8, 4) is 17.6 Å². The van der Waals surface area contributed by atoms with E-state index in [1.165, 1.54) is 18.3 Å². The van der Waals surface area contributed by atoms with E-state index in [9.17, 15) is 9.65 Å². The molecule has 0 spiro atoms. The fourth-order valence-corrected chi connectivity index (χ4v) is 4.00. The fraction of sp³-hybridized carbons (Fsp3) is 0.333. The maximum absolute atomic E-state index is 13.6. The number of hydrogen-bond acceptors (Lipinski definition) is 7. The molecule has 0 aliphatic carbocycles. The van der Waals surface area contributed by atoms with Gasteiger partial charge >= 0.3 is 0 Å². The summed E-state index contributed by atoms with van der Waals surface area (Å²) >= 11 is 5.94. The van der Waals surface area contributed by atoms with E-state index in [0.717, 1.165) is 19.5 Å². The van der Waals surface area contributed by atoms with Gasteiger partial charge in [-0.15, -0.1) is 0 Å². The van der Waals surface area contributed by atoms with Gasteiger partial charge in [0.05, 0.1) is 42.1 Å². The Bertz CT molecular complexity index is 1190. The molecular formula is C24H24ClFN4O3. The summed E-state index contributed by atoms with van der Waals surface area (Å²) in [5.74, 6) is 0.569. The summed E-state index contributed by atoms with van der Waals surface area (Å²) in [6.07, 6.45) is 2.11. The standard InChI is InChI=1S/C24H24ClFN4O3/c1-3-23(30-6-8-32-9-7-30)33-22-11-17-20(12-21(22)31-2)28-14-15(13-27)24(17)29-16-4-5-19(26)18(25)10-16/h4-5,10-12,14,23H,3,6-9H2,1-2H3,(H,28,29). The summed E-state index contributed by atoms with van der Waals surface area (Å²) in [6, 6.07) is 10.1. The van der Waals surface area contributed by atoms with Crippen LogP contribution in [0.5, 0.6) is 11.5 Å².